The van der Waals surface area contributed by atoms with Crippen molar-refractivity contribution in [3.8, 4) is 0 Å². The second kappa shape index (κ2) is 7.32. The Balaban J connectivity index is 1.69. The maximum atomic E-state index is 5.90. The highest BCUT2D eigenvalue weighted by Gasteiger charge is 2.03. The van der Waals surface area contributed by atoms with Crippen LogP contribution >= 0.6 is 11.6 Å². The van der Waals surface area contributed by atoms with E-state index >= 15 is 0 Å². The molecule has 0 unspecified atom stereocenters. The average molecular weight is 339 g/mol. The summed E-state index contributed by atoms with van der Waals surface area (Å²) in [6.07, 6.45) is 1.74. The fraction of sp³-hybridized carbons (Fsp3) is 0.158. The van der Waals surface area contributed by atoms with Crippen LogP contribution in [0.4, 0.5) is 17.5 Å². The van der Waals surface area contributed by atoms with E-state index in [1.165, 1.54) is 5.56 Å². The SMILES string of the molecule is Cc1ccc(C)c(Nc2nccc(NCc3ccc(Cl)cc3)n2)c1. The third-order valence-electron chi connectivity index (χ3n) is 3.68. The van der Waals surface area contributed by atoms with Gasteiger partial charge in [0.2, 0.25) is 5.95 Å². The van der Waals surface area contributed by atoms with E-state index in [-0.39, 0.29) is 0 Å². The van der Waals surface area contributed by atoms with E-state index in [0.717, 1.165) is 27.7 Å². The van der Waals surface area contributed by atoms with E-state index in [1.807, 2.05) is 30.3 Å². The number of hydrogen-bond acceptors (Lipinski definition) is 4. The van der Waals surface area contributed by atoms with Gasteiger partial charge in [-0.3, -0.25) is 0 Å². The number of halogens is 1. The maximum absolute atomic E-state index is 5.90. The van der Waals surface area contributed by atoms with E-state index in [0.29, 0.717) is 12.5 Å². The lowest BCUT2D eigenvalue weighted by molar-refractivity contribution is 1.08. The van der Waals surface area contributed by atoms with Crippen molar-refractivity contribution in [2.75, 3.05) is 10.6 Å². The third kappa shape index (κ3) is 4.24. The molecule has 2 N–H and O–H groups in total. The van der Waals surface area contributed by atoms with Crippen LogP contribution in [0.1, 0.15) is 16.7 Å². The molecule has 0 spiro atoms. The van der Waals surface area contributed by atoms with Crippen LogP contribution in [0.5, 0.6) is 0 Å². The van der Waals surface area contributed by atoms with E-state index in [2.05, 4.69) is 52.6 Å². The number of hydrogen-bond donors (Lipinski definition) is 2. The lowest BCUT2D eigenvalue weighted by Gasteiger charge is -2.11. The van der Waals surface area contributed by atoms with Gasteiger partial charge in [-0.25, -0.2) is 4.98 Å². The second-order valence-electron chi connectivity index (χ2n) is 5.69. The van der Waals surface area contributed by atoms with Crippen molar-refractivity contribution in [3.63, 3.8) is 0 Å². The van der Waals surface area contributed by atoms with Crippen LogP contribution in [-0.2, 0) is 6.54 Å². The summed E-state index contributed by atoms with van der Waals surface area (Å²) in [5, 5.41) is 7.31. The molecule has 0 fully saturated rings. The lowest BCUT2D eigenvalue weighted by Crippen LogP contribution is -2.04. The molecule has 1 aromatic heterocycles. The van der Waals surface area contributed by atoms with Crippen molar-refractivity contribution in [1.82, 2.24) is 9.97 Å². The average Bonchev–Trinajstić information content (AvgIpc) is 2.58. The van der Waals surface area contributed by atoms with Crippen LogP contribution in [0.2, 0.25) is 5.02 Å². The van der Waals surface area contributed by atoms with Crippen molar-refractivity contribution in [2.45, 2.75) is 20.4 Å². The van der Waals surface area contributed by atoms with Gasteiger partial charge in [-0.1, -0.05) is 35.9 Å². The molecule has 0 atom stereocenters. The van der Waals surface area contributed by atoms with Crippen LogP contribution in [0.25, 0.3) is 0 Å². The van der Waals surface area contributed by atoms with Gasteiger partial charge >= 0.3 is 0 Å². The van der Waals surface area contributed by atoms with Gasteiger partial charge in [0.15, 0.2) is 0 Å². The Labute approximate surface area is 146 Å². The van der Waals surface area contributed by atoms with Gasteiger partial charge in [-0.15, -0.1) is 0 Å². The molecule has 0 radical (unpaired) electrons. The standard InChI is InChI=1S/C19H19ClN4/c1-13-3-4-14(2)17(11-13)23-19-21-10-9-18(24-19)22-12-15-5-7-16(20)8-6-15/h3-11H,12H2,1-2H3,(H2,21,22,23,24). The van der Waals surface area contributed by atoms with Crippen LogP contribution in [0, 0.1) is 13.8 Å². The molecule has 2 aromatic carbocycles. The second-order valence-corrected chi connectivity index (χ2v) is 6.13. The number of anilines is 3. The quantitative estimate of drug-likeness (QED) is 0.679. The fourth-order valence-electron chi connectivity index (χ4n) is 2.30. The summed E-state index contributed by atoms with van der Waals surface area (Å²) >= 11 is 5.90. The van der Waals surface area contributed by atoms with Crippen molar-refractivity contribution in [1.29, 1.82) is 0 Å². The van der Waals surface area contributed by atoms with Gasteiger partial charge in [0, 0.05) is 23.5 Å². The molecule has 0 aliphatic carbocycles. The van der Waals surface area contributed by atoms with Crippen LogP contribution < -0.4 is 10.6 Å². The van der Waals surface area contributed by atoms with Gasteiger partial charge in [0.25, 0.3) is 0 Å². The largest absolute Gasteiger partial charge is 0.366 e. The minimum Gasteiger partial charge on any atom is -0.366 e. The molecule has 0 saturated heterocycles. The molecule has 1 heterocycles. The zero-order valence-electron chi connectivity index (χ0n) is 13.7. The summed E-state index contributed by atoms with van der Waals surface area (Å²) in [5.74, 6) is 1.34. The molecule has 0 aliphatic rings. The molecule has 122 valence electrons. The lowest BCUT2D eigenvalue weighted by atomic mass is 10.1. The molecule has 0 amide bonds. The van der Waals surface area contributed by atoms with Gasteiger partial charge < -0.3 is 10.6 Å². The number of aryl methyl sites for hydroxylation is 2. The normalized spacial score (nSPS) is 10.5. The van der Waals surface area contributed by atoms with Crippen LogP contribution in [0.3, 0.4) is 0 Å². The Morgan fingerprint density at radius 3 is 2.58 bits per heavy atom. The summed E-state index contributed by atoms with van der Waals surface area (Å²) in [7, 11) is 0. The van der Waals surface area contributed by atoms with Crippen molar-refractivity contribution >= 4 is 29.1 Å². The minimum atomic E-state index is 0.574. The number of nitrogens with zero attached hydrogens (tertiary/aromatic N) is 2. The number of aromatic nitrogens is 2. The van der Waals surface area contributed by atoms with Crippen molar-refractivity contribution < 1.29 is 0 Å². The first kappa shape index (κ1) is 16.3. The molecule has 24 heavy (non-hydrogen) atoms. The summed E-state index contributed by atoms with van der Waals surface area (Å²) in [5.41, 5.74) is 4.51. The number of nitrogens with one attached hydrogen (secondary N) is 2. The van der Waals surface area contributed by atoms with Gasteiger partial charge in [-0.2, -0.15) is 4.98 Å². The van der Waals surface area contributed by atoms with Gasteiger partial charge in [0.1, 0.15) is 5.82 Å². The molecule has 4 nitrogen and oxygen atoms in total. The first-order valence-corrected chi connectivity index (χ1v) is 8.13. The van der Waals surface area contributed by atoms with Gasteiger partial charge in [-0.05, 0) is 54.8 Å². The van der Waals surface area contributed by atoms with Crippen molar-refractivity contribution in [3.05, 3.63) is 76.4 Å². The van der Waals surface area contributed by atoms with E-state index in [1.54, 1.807) is 6.20 Å². The molecule has 0 bridgehead atoms. The molecular weight excluding hydrogens is 320 g/mol. The molecule has 3 rings (SSSR count). The smallest absolute Gasteiger partial charge is 0.229 e. The Hall–Kier alpha value is -2.59. The minimum absolute atomic E-state index is 0.574. The predicted octanol–water partition coefficient (Wildman–Crippen LogP) is 5.10. The van der Waals surface area contributed by atoms with Gasteiger partial charge in [0.05, 0.1) is 0 Å². The monoisotopic (exact) mass is 338 g/mol. The first-order valence-electron chi connectivity index (χ1n) is 7.76. The Morgan fingerprint density at radius 1 is 1.00 bits per heavy atom. The Kier molecular flexibility index (Phi) is 4.96. The Bertz CT molecular complexity index is 831. The topological polar surface area (TPSA) is 49.8 Å². The highest BCUT2D eigenvalue weighted by atomic mass is 35.5. The molecule has 3 aromatic rings. The first-order chi connectivity index (χ1) is 11.6. The third-order valence-corrected chi connectivity index (χ3v) is 3.93. The summed E-state index contributed by atoms with van der Waals surface area (Å²) < 4.78 is 0. The highest BCUT2D eigenvalue weighted by Crippen LogP contribution is 2.20. The number of benzene rings is 2. The molecule has 5 heteroatoms. The summed E-state index contributed by atoms with van der Waals surface area (Å²) in [4.78, 5) is 8.80. The predicted molar refractivity (Wildman–Crippen MR) is 100 cm³/mol. The summed E-state index contributed by atoms with van der Waals surface area (Å²) in [6, 6.07) is 15.9. The molecule has 0 aliphatic heterocycles. The van der Waals surface area contributed by atoms with E-state index in [9.17, 15) is 0 Å². The van der Waals surface area contributed by atoms with Crippen LogP contribution in [0.15, 0.2) is 54.7 Å². The molecular formula is C19H19ClN4. The Morgan fingerprint density at radius 2 is 1.79 bits per heavy atom. The fourth-order valence-corrected chi connectivity index (χ4v) is 2.43. The zero-order chi connectivity index (χ0) is 16.9. The van der Waals surface area contributed by atoms with E-state index < -0.39 is 0 Å². The molecule has 0 saturated carbocycles. The summed E-state index contributed by atoms with van der Waals surface area (Å²) in [6.45, 7) is 4.80. The van der Waals surface area contributed by atoms with E-state index in [4.69, 9.17) is 11.6 Å². The van der Waals surface area contributed by atoms with Crippen molar-refractivity contribution in [2.24, 2.45) is 0 Å². The highest BCUT2D eigenvalue weighted by molar-refractivity contribution is 6.30. The number of rotatable bonds is 5. The zero-order valence-corrected chi connectivity index (χ0v) is 14.4. The van der Waals surface area contributed by atoms with Crippen LogP contribution in [-0.4, -0.2) is 9.97 Å². The maximum Gasteiger partial charge on any atom is 0.229 e.